The van der Waals surface area contributed by atoms with Crippen molar-refractivity contribution in [1.29, 1.82) is 0 Å². The number of carbonyl (C=O) groups excluding carboxylic acids is 1. The third-order valence-electron chi connectivity index (χ3n) is 3.36. The molecule has 0 saturated heterocycles. The van der Waals surface area contributed by atoms with Crippen LogP contribution in [0.5, 0.6) is 0 Å². The van der Waals surface area contributed by atoms with E-state index < -0.39 is 0 Å². The van der Waals surface area contributed by atoms with Gasteiger partial charge in [0.15, 0.2) is 5.13 Å². The number of nitrogens with zero attached hydrogens (tertiary/aromatic N) is 2. The second-order valence-corrected chi connectivity index (χ2v) is 6.11. The number of anilines is 2. The van der Waals surface area contributed by atoms with E-state index in [-0.39, 0.29) is 5.91 Å². The Balaban J connectivity index is 1.73. The molecule has 0 spiro atoms. The number of hydrogen-bond donors (Lipinski definition) is 1. The lowest BCUT2D eigenvalue weighted by Gasteiger charge is -2.13. The van der Waals surface area contributed by atoms with Gasteiger partial charge in [0.1, 0.15) is 0 Å². The molecule has 1 heterocycles. The first-order valence-electron chi connectivity index (χ1n) is 6.67. The molecule has 20 heavy (non-hydrogen) atoms. The zero-order valence-corrected chi connectivity index (χ0v) is 12.4. The SMILES string of the molecule is CN(C)c1cccc(C(=O)Nc2nc(C3CC3)cs2)c1. The van der Waals surface area contributed by atoms with Gasteiger partial charge in [0.25, 0.3) is 5.91 Å². The quantitative estimate of drug-likeness (QED) is 0.938. The third-order valence-corrected chi connectivity index (χ3v) is 4.14. The van der Waals surface area contributed by atoms with E-state index in [0.717, 1.165) is 11.4 Å². The lowest BCUT2D eigenvalue weighted by atomic mass is 10.2. The summed E-state index contributed by atoms with van der Waals surface area (Å²) >= 11 is 1.50. The Hall–Kier alpha value is -1.88. The topological polar surface area (TPSA) is 45.2 Å². The highest BCUT2D eigenvalue weighted by Crippen LogP contribution is 2.40. The summed E-state index contributed by atoms with van der Waals surface area (Å²) in [6.45, 7) is 0. The maximum Gasteiger partial charge on any atom is 0.257 e. The molecule has 0 bridgehead atoms. The Kier molecular flexibility index (Phi) is 3.44. The van der Waals surface area contributed by atoms with E-state index in [1.54, 1.807) is 0 Å². The van der Waals surface area contributed by atoms with Gasteiger partial charge in [-0.1, -0.05) is 6.07 Å². The van der Waals surface area contributed by atoms with Crippen molar-refractivity contribution in [2.45, 2.75) is 18.8 Å². The smallest absolute Gasteiger partial charge is 0.257 e. The number of aromatic nitrogens is 1. The average Bonchev–Trinajstić information content (AvgIpc) is 3.20. The lowest BCUT2D eigenvalue weighted by molar-refractivity contribution is 0.102. The highest BCUT2D eigenvalue weighted by molar-refractivity contribution is 7.14. The van der Waals surface area contributed by atoms with Gasteiger partial charge in [-0.3, -0.25) is 10.1 Å². The standard InChI is InChI=1S/C15H17N3OS/c1-18(2)12-5-3-4-11(8-12)14(19)17-15-16-13(9-20-15)10-6-7-10/h3-5,8-10H,6-7H2,1-2H3,(H,16,17,19). The van der Waals surface area contributed by atoms with E-state index in [1.807, 2.05) is 48.6 Å². The molecule has 104 valence electrons. The van der Waals surface area contributed by atoms with Gasteiger partial charge in [-0.25, -0.2) is 4.98 Å². The molecule has 1 aliphatic carbocycles. The van der Waals surface area contributed by atoms with Crippen LogP contribution in [-0.4, -0.2) is 25.0 Å². The molecule has 0 atom stereocenters. The van der Waals surface area contributed by atoms with Crippen LogP contribution in [0.1, 0.15) is 34.8 Å². The van der Waals surface area contributed by atoms with Crippen LogP contribution < -0.4 is 10.2 Å². The summed E-state index contributed by atoms with van der Waals surface area (Å²) in [5.41, 5.74) is 2.78. The molecule has 1 fully saturated rings. The number of hydrogen-bond acceptors (Lipinski definition) is 4. The molecule has 0 radical (unpaired) electrons. The fourth-order valence-electron chi connectivity index (χ4n) is 2.00. The second kappa shape index (κ2) is 5.25. The number of thiazole rings is 1. The molecule has 1 aromatic heterocycles. The van der Waals surface area contributed by atoms with Crippen molar-refractivity contribution >= 4 is 28.1 Å². The first-order valence-corrected chi connectivity index (χ1v) is 7.55. The molecule has 1 aromatic carbocycles. The van der Waals surface area contributed by atoms with Crippen molar-refractivity contribution in [3.63, 3.8) is 0 Å². The van der Waals surface area contributed by atoms with Gasteiger partial charge >= 0.3 is 0 Å². The fourth-order valence-corrected chi connectivity index (χ4v) is 2.79. The Labute approximate surface area is 122 Å². The van der Waals surface area contributed by atoms with Crippen LogP contribution >= 0.6 is 11.3 Å². The molecule has 0 unspecified atom stereocenters. The minimum atomic E-state index is -0.106. The van der Waals surface area contributed by atoms with Gasteiger partial charge in [0.2, 0.25) is 0 Å². The van der Waals surface area contributed by atoms with Crippen LogP contribution in [0.4, 0.5) is 10.8 Å². The maximum absolute atomic E-state index is 12.2. The highest BCUT2D eigenvalue weighted by Gasteiger charge is 2.26. The van der Waals surface area contributed by atoms with Crippen LogP contribution in [0.15, 0.2) is 29.6 Å². The zero-order chi connectivity index (χ0) is 14.1. The summed E-state index contributed by atoms with van der Waals surface area (Å²) in [6, 6.07) is 7.57. The molecule has 1 aliphatic rings. The van der Waals surface area contributed by atoms with E-state index in [1.165, 1.54) is 24.2 Å². The predicted octanol–water partition coefficient (Wildman–Crippen LogP) is 3.34. The fraction of sp³-hybridized carbons (Fsp3) is 0.333. The highest BCUT2D eigenvalue weighted by atomic mass is 32.1. The normalized spacial score (nSPS) is 14.1. The molecule has 3 rings (SSSR count). The van der Waals surface area contributed by atoms with Gasteiger partial charge in [0, 0.05) is 36.6 Å². The Bertz CT molecular complexity index is 632. The van der Waals surface area contributed by atoms with Crippen molar-refractivity contribution < 1.29 is 4.79 Å². The third kappa shape index (κ3) is 2.82. The molecule has 1 N–H and O–H groups in total. The Morgan fingerprint density at radius 2 is 2.20 bits per heavy atom. The largest absolute Gasteiger partial charge is 0.378 e. The van der Waals surface area contributed by atoms with Crippen LogP contribution in [0.25, 0.3) is 0 Å². The molecule has 5 heteroatoms. The van der Waals surface area contributed by atoms with Gasteiger partial charge in [0.05, 0.1) is 5.69 Å². The van der Waals surface area contributed by atoms with Gasteiger partial charge < -0.3 is 4.90 Å². The second-order valence-electron chi connectivity index (χ2n) is 5.25. The Morgan fingerprint density at radius 1 is 1.40 bits per heavy atom. The monoisotopic (exact) mass is 287 g/mol. The number of benzene rings is 1. The summed E-state index contributed by atoms with van der Waals surface area (Å²) in [7, 11) is 3.92. The lowest BCUT2D eigenvalue weighted by Crippen LogP contribution is -2.14. The number of rotatable bonds is 4. The van der Waals surface area contributed by atoms with Gasteiger partial charge in [-0.2, -0.15) is 0 Å². The zero-order valence-electron chi connectivity index (χ0n) is 11.6. The molecular formula is C15H17N3OS. The molecular weight excluding hydrogens is 270 g/mol. The number of amides is 1. The molecule has 1 amide bonds. The van der Waals surface area contributed by atoms with Crippen LogP contribution in [0.2, 0.25) is 0 Å². The minimum absolute atomic E-state index is 0.106. The summed E-state index contributed by atoms with van der Waals surface area (Å²) < 4.78 is 0. The van der Waals surface area contributed by atoms with E-state index >= 15 is 0 Å². The first kappa shape index (κ1) is 13.1. The molecule has 1 saturated carbocycles. The van der Waals surface area contributed by atoms with Crippen molar-refractivity contribution in [1.82, 2.24) is 4.98 Å². The van der Waals surface area contributed by atoms with Crippen molar-refractivity contribution in [2.24, 2.45) is 0 Å². The minimum Gasteiger partial charge on any atom is -0.378 e. The van der Waals surface area contributed by atoms with E-state index in [9.17, 15) is 4.79 Å². The molecule has 4 nitrogen and oxygen atoms in total. The number of carbonyl (C=O) groups is 1. The van der Waals surface area contributed by atoms with Gasteiger partial charge in [-0.05, 0) is 31.0 Å². The van der Waals surface area contributed by atoms with E-state index in [0.29, 0.717) is 16.6 Å². The summed E-state index contributed by atoms with van der Waals surface area (Å²) in [6.07, 6.45) is 2.45. The molecule has 0 aliphatic heterocycles. The van der Waals surface area contributed by atoms with Crippen LogP contribution in [0.3, 0.4) is 0 Å². The van der Waals surface area contributed by atoms with Crippen molar-refractivity contribution in [2.75, 3.05) is 24.3 Å². The number of nitrogens with one attached hydrogen (secondary N) is 1. The van der Waals surface area contributed by atoms with Crippen molar-refractivity contribution in [3.05, 3.63) is 40.9 Å². The van der Waals surface area contributed by atoms with E-state index in [4.69, 9.17) is 0 Å². The first-order chi connectivity index (χ1) is 9.63. The molecule has 2 aromatic rings. The summed E-state index contributed by atoms with van der Waals surface area (Å²) in [5, 5.41) is 5.61. The average molecular weight is 287 g/mol. The summed E-state index contributed by atoms with van der Waals surface area (Å²) in [5.74, 6) is 0.513. The van der Waals surface area contributed by atoms with Crippen molar-refractivity contribution in [3.8, 4) is 0 Å². The predicted molar refractivity (Wildman–Crippen MR) is 82.8 cm³/mol. The van der Waals surface area contributed by atoms with Crippen LogP contribution in [0, 0.1) is 0 Å². The van der Waals surface area contributed by atoms with Crippen LogP contribution in [-0.2, 0) is 0 Å². The Morgan fingerprint density at radius 3 is 2.90 bits per heavy atom. The summed E-state index contributed by atoms with van der Waals surface area (Å²) in [4.78, 5) is 18.7. The van der Waals surface area contributed by atoms with Gasteiger partial charge in [-0.15, -0.1) is 11.3 Å². The maximum atomic E-state index is 12.2. The van der Waals surface area contributed by atoms with E-state index in [2.05, 4.69) is 10.3 Å².